The highest BCUT2D eigenvalue weighted by Crippen LogP contribution is 2.28. The maximum absolute atomic E-state index is 12.5. The van der Waals surface area contributed by atoms with Crippen molar-refractivity contribution in [2.45, 2.75) is 13.0 Å². The molecular weight excluding hydrogens is 401 g/mol. The lowest BCUT2D eigenvalue weighted by molar-refractivity contribution is -0.121. The van der Waals surface area contributed by atoms with Crippen LogP contribution in [0.15, 0.2) is 18.2 Å². The molecule has 1 saturated heterocycles. The SMILES string of the molecule is CC(C(=O)NCCN1CCOCC1)N(c1cc(Cl)cc(Cl)c1)S(C)(=O)=O. The van der Waals surface area contributed by atoms with Crippen LogP contribution in [-0.4, -0.2) is 70.9 Å². The molecule has 1 heterocycles. The van der Waals surface area contributed by atoms with Crippen molar-refractivity contribution in [3.8, 4) is 0 Å². The Kier molecular flexibility index (Phi) is 7.54. The van der Waals surface area contributed by atoms with Crippen molar-refractivity contribution in [3.05, 3.63) is 28.2 Å². The van der Waals surface area contributed by atoms with Gasteiger partial charge in [-0.2, -0.15) is 0 Å². The lowest BCUT2D eigenvalue weighted by atomic mass is 10.2. The molecule has 7 nitrogen and oxygen atoms in total. The van der Waals surface area contributed by atoms with E-state index in [4.69, 9.17) is 27.9 Å². The Labute approximate surface area is 164 Å². The zero-order valence-corrected chi connectivity index (χ0v) is 17.1. The van der Waals surface area contributed by atoms with E-state index in [0.717, 1.165) is 23.7 Å². The Balaban J connectivity index is 2.06. The van der Waals surface area contributed by atoms with Crippen LogP contribution in [0.3, 0.4) is 0 Å². The Morgan fingerprint density at radius 1 is 1.27 bits per heavy atom. The van der Waals surface area contributed by atoms with Crippen molar-refractivity contribution in [1.82, 2.24) is 10.2 Å². The van der Waals surface area contributed by atoms with Gasteiger partial charge in [-0.05, 0) is 25.1 Å². The van der Waals surface area contributed by atoms with Crippen molar-refractivity contribution in [1.29, 1.82) is 0 Å². The molecule has 1 atom stereocenters. The van der Waals surface area contributed by atoms with Crippen molar-refractivity contribution in [3.63, 3.8) is 0 Å². The Bertz CT molecular complexity index is 719. The largest absolute Gasteiger partial charge is 0.379 e. The second kappa shape index (κ2) is 9.23. The van der Waals surface area contributed by atoms with E-state index in [0.29, 0.717) is 36.3 Å². The summed E-state index contributed by atoms with van der Waals surface area (Å²) in [4.78, 5) is 14.7. The average Bonchev–Trinajstić information content (AvgIpc) is 2.53. The first-order valence-electron chi connectivity index (χ1n) is 8.22. The van der Waals surface area contributed by atoms with Crippen LogP contribution in [0, 0.1) is 0 Å². The van der Waals surface area contributed by atoms with E-state index in [-0.39, 0.29) is 11.6 Å². The Morgan fingerprint density at radius 3 is 2.38 bits per heavy atom. The summed E-state index contributed by atoms with van der Waals surface area (Å²) in [6, 6.07) is 3.49. The molecule has 1 aromatic rings. The van der Waals surface area contributed by atoms with Crippen molar-refractivity contribution >= 4 is 44.8 Å². The lowest BCUT2D eigenvalue weighted by Gasteiger charge is -2.29. The van der Waals surface area contributed by atoms with Crippen LogP contribution in [0.1, 0.15) is 6.92 Å². The third-order valence-electron chi connectivity index (χ3n) is 4.02. The first-order valence-corrected chi connectivity index (χ1v) is 10.8. The fourth-order valence-corrected chi connectivity index (χ4v) is 4.46. The summed E-state index contributed by atoms with van der Waals surface area (Å²) >= 11 is 12.0. The molecule has 2 rings (SSSR count). The van der Waals surface area contributed by atoms with E-state index in [1.807, 2.05) is 0 Å². The van der Waals surface area contributed by atoms with E-state index < -0.39 is 16.1 Å². The molecule has 1 aromatic carbocycles. The summed E-state index contributed by atoms with van der Waals surface area (Å²) in [6.07, 6.45) is 1.04. The number of sulfonamides is 1. The summed E-state index contributed by atoms with van der Waals surface area (Å²) in [5.74, 6) is -0.389. The molecule has 0 saturated carbocycles. The minimum absolute atomic E-state index is 0.251. The third kappa shape index (κ3) is 5.99. The first kappa shape index (κ1) is 21.2. The predicted molar refractivity (Wildman–Crippen MR) is 104 cm³/mol. The molecule has 0 bridgehead atoms. The molecule has 1 aliphatic rings. The van der Waals surface area contributed by atoms with E-state index in [1.54, 1.807) is 0 Å². The summed E-state index contributed by atoms with van der Waals surface area (Å²) < 4.78 is 30.8. The third-order valence-corrected chi connectivity index (χ3v) is 5.70. The molecule has 0 aromatic heterocycles. The number of benzene rings is 1. The van der Waals surface area contributed by atoms with Gasteiger partial charge in [0.25, 0.3) is 0 Å². The number of ether oxygens (including phenoxy) is 1. The summed E-state index contributed by atoms with van der Waals surface area (Å²) in [6.45, 7) is 5.65. The number of rotatable bonds is 7. The molecule has 0 radical (unpaired) electrons. The maximum Gasteiger partial charge on any atom is 0.243 e. The second-order valence-electron chi connectivity index (χ2n) is 6.11. The maximum atomic E-state index is 12.5. The van der Waals surface area contributed by atoms with E-state index in [2.05, 4.69) is 10.2 Å². The minimum atomic E-state index is -3.71. The first-order chi connectivity index (χ1) is 12.2. The van der Waals surface area contributed by atoms with Gasteiger partial charge in [0.1, 0.15) is 6.04 Å². The standard InChI is InChI=1S/C16H23Cl2N3O4S/c1-12(16(22)19-3-4-20-5-7-25-8-6-20)21(26(2,23)24)15-10-13(17)9-14(18)11-15/h9-12H,3-8H2,1-2H3,(H,19,22). The van der Waals surface area contributed by atoms with Gasteiger partial charge in [0.2, 0.25) is 15.9 Å². The highest BCUT2D eigenvalue weighted by molar-refractivity contribution is 7.92. The summed E-state index contributed by atoms with van der Waals surface area (Å²) in [5, 5.41) is 3.37. The van der Waals surface area contributed by atoms with E-state index in [9.17, 15) is 13.2 Å². The number of morpholine rings is 1. The topological polar surface area (TPSA) is 79.0 Å². The van der Waals surface area contributed by atoms with Crippen LogP contribution in [0.5, 0.6) is 0 Å². The Morgan fingerprint density at radius 2 is 1.85 bits per heavy atom. The molecule has 1 N–H and O–H groups in total. The van der Waals surface area contributed by atoms with Gasteiger partial charge in [-0.1, -0.05) is 23.2 Å². The van der Waals surface area contributed by atoms with Crippen LogP contribution in [0.4, 0.5) is 5.69 Å². The molecule has 26 heavy (non-hydrogen) atoms. The van der Waals surface area contributed by atoms with Crippen molar-refractivity contribution < 1.29 is 17.9 Å². The molecule has 1 fully saturated rings. The van der Waals surface area contributed by atoms with Gasteiger partial charge >= 0.3 is 0 Å². The van der Waals surface area contributed by atoms with Crippen molar-refractivity contribution in [2.75, 3.05) is 50.0 Å². The molecule has 1 aliphatic heterocycles. The molecule has 10 heteroatoms. The average molecular weight is 424 g/mol. The zero-order valence-electron chi connectivity index (χ0n) is 14.7. The van der Waals surface area contributed by atoms with Gasteiger partial charge in [0, 0.05) is 36.2 Å². The quantitative estimate of drug-likeness (QED) is 0.720. The molecule has 146 valence electrons. The van der Waals surface area contributed by atoms with Gasteiger partial charge in [0.05, 0.1) is 25.2 Å². The van der Waals surface area contributed by atoms with Crippen molar-refractivity contribution in [2.24, 2.45) is 0 Å². The number of anilines is 1. The number of hydrogen-bond acceptors (Lipinski definition) is 5. The lowest BCUT2D eigenvalue weighted by Crippen LogP contribution is -2.49. The highest BCUT2D eigenvalue weighted by atomic mass is 35.5. The van der Waals surface area contributed by atoms with Crippen LogP contribution in [0.25, 0.3) is 0 Å². The van der Waals surface area contributed by atoms with Gasteiger partial charge < -0.3 is 10.1 Å². The molecule has 1 amide bonds. The fourth-order valence-electron chi connectivity index (χ4n) is 2.78. The molecule has 0 spiro atoms. The number of carbonyl (C=O) groups excluding carboxylic acids is 1. The zero-order chi connectivity index (χ0) is 19.3. The molecule has 1 unspecified atom stereocenters. The second-order valence-corrected chi connectivity index (χ2v) is 8.84. The number of nitrogens with zero attached hydrogens (tertiary/aromatic N) is 2. The molecule has 0 aliphatic carbocycles. The summed E-state index contributed by atoms with van der Waals surface area (Å²) in [5.41, 5.74) is 0.251. The fraction of sp³-hybridized carbons (Fsp3) is 0.562. The number of carbonyl (C=O) groups is 1. The number of halogens is 2. The normalized spacial score (nSPS) is 16.9. The number of nitrogens with one attached hydrogen (secondary N) is 1. The molecular formula is C16H23Cl2N3O4S. The van der Waals surface area contributed by atoms with Crippen LogP contribution in [-0.2, 0) is 19.6 Å². The smallest absolute Gasteiger partial charge is 0.243 e. The predicted octanol–water partition coefficient (Wildman–Crippen LogP) is 1.60. The van der Waals surface area contributed by atoms with Crippen LogP contribution in [0.2, 0.25) is 10.0 Å². The monoisotopic (exact) mass is 423 g/mol. The highest BCUT2D eigenvalue weighted by Gasteiger charge is 2.29. The van der Waals surface area contributed by atoms with E-state index >= 15 is 0 Å². The van der Waals surface area contributed by atoms with Gasteiger partial charge in [-0.15, -0.1) is 0 Å². The Hall–Kier alpha value is -1.06. The van der Waals surface area contributed by atoms with Crippen LogP contribution >= 0.6 is 23.2 Å². The number of hydrogen-bond donors (Lipinski definition) is 1. The summed E-state index contributed by atoms with van der Waals surface area (Å²) in [7, 11) is -3.71. The van der Waals surface area contributed by atoms with Gasteiger partial charge in [0.15, 0.2) is 0 Å². The minimum Gasteiger partial charge on any atom is -0.379 e. The van der Waals surface area contributed by atoms with Gasteiger partial charge in [-0.25, -0.2) is 8.42 Å². The van der Waals surface area contributed by atoms with E-state index in [1.165, 1.54) is 25.1 Å². The number of amides is 1. The van der Waals surface area contributed by atoms with Gasteiger partial charge in [-0.3, -0.25) is 14.0 Å². The van der Waals surface area contributed by atoms with Crippen LogP contribution < -0.4 is 9.62 Å².